The first-order chi connectivity index (χ1) is 8.83. The summed E-state index contributed by atoms with van der Waals surface area (Å²) in [7, 11) is 0. The highest BCUT2D eigenvalue weighted by molar-refractivity contribution is 5.71. The van der Waals surface area contributed by atoms with Gasteiger partial charge in [-0.05, 0) is 35.4 Å². The monoisotopic (exact) mass is 236 g/mol. The van der Waals surface area contributed by atoms with Crippen molar-refractivity contribution in [1.82, 2.24) is 10.2 Å². The van der Waals surface area contributed by atoms with Gasteiger partial charge in [-0.15, -0.1) is 0 Å². The van der Waals surface area contributed by atoms with Crippen molar-refractivity contribution < 1.29 is 5.11 Å². The normalized spacial score (nSPS) is 10.4. The van der Waals surface area contributed by atoms with Gasteiger partial charge in [0.1, 0.15) is 5.75 Å². The molecule has 3 nitrogen and oxygen atoms in total. The molecular formula is C15H12N2O. The summed E-state index contributed by atoms with van der Waals surface area (Å²) in [6.07, 6.45) is 1.74. The summed E-state index contributed by atoms with van der Waals surface area (Å²) in [5, 5.41) is 16.2. The number of nitrogens with one attached hydrogen (secondary N) is 1. The van der Waals surface area contributed by atoms with Gasteiger partial charge in [0.05, 0.1) is 5.69 Å². The van der Waals surface area contributed by atoms with Crippen molar-refractivity contribution in [3.05, 3.63) is 60.8 Å². The van der Waals surface area contributed by atoms with E-state index in [2.05, 4.69) is 16.3 Å². The summed E-state index contributed by atoms with van der Waals surface area (Å²) in [6, 6.07) is 17.3. The number of aromatic hydroxyl groups is 1. The second-order valence-electron chi connectivity index (χ2n) is 4.10. The number of aromatic nitrogens is 2. The average Bonchev–Trinajstić information content (AvgIpc) is 2.94. The molecule has 2 N–H and O–H groups in total. The molecule has 0 bridgehead atoms. The summed E-state index contributed by atoms with van der Waals surface area (Å²) in [5.41, 5.74) is 4.28. The van der Waals surface area contributed by atoms with Crippen LogP contribution >= 0.6 is 0 Å². The van der Waals surface area contributed by atoms with Crippen molar-refractivity contribution in [2.75, 3.05) is 0 Å². The first-order valence-electron chi connectivity index (χ1n) is 5.72. The Morgan fingerprint density at radius 3 is 2.33 bits per heavy atom. The minimum atomic E-state index is 0.281. The van der Waals surface area contributed by atoms with Crippen molar-refractivity contribution in [1.29, 1.82) is 0 Å². The minimum Gasteiger partial charge on any atom is -0.508 e. The molecule has 88 valence electrons. The van der Waals surface area contributed by atoms with Gasteiger partial charge in [-0.3, -0.25) is 5.10 Å². The van der Waals surface area contributed by atoms with Gasteiger partial charge in [-0.1, -0.05) is 30.3 Å². The fourth-order valence-electron chi connectivity index (χ4n) is 1.94. The van der Waals surface area contributed by atoms with E-state index in [0.717, 1.165) is 22.4 Å². The van der Waals surface area contributed by atoms with Gasteiger partial charge in [0, 0.05) is 11.8 Å². The molecule has 0 spiro atoms. The molecule has 0 radical (unpaired) electrons. The maximum atomic E-state index is 9.30. The third-order valence-electron chi connectivity index (χ3n) is 2.87. The lowest BCUT2D eigenvalue weighted by molar-refractivity contribution is 0.475. The molecule has 0 aliphatic heterocycles. The van der Waals surface area contributed by atoms with Gasteiger partial charge in [0.15, 0.2) is 0 Å². The molecule has 1 aromatic heterocycles. The Hall–Kier alpha value is -2.55. The fraction of sp³-hybridized carbons (Fsp3) is 0. The summed E-state index contributed by atoms with van der Waals surface area (Å²) in [4.78, 5) is 0. The van der Waals surface area contributed by atoms with E-state index in [1.165, 1.54) is 0 Å². The zero-order valence-electron chi connectivity index (χ0n) is 9.67. The Kier molecular flexibility index (Phi) is 2.57. The van der Waals surface area contributed by atoms with E-state index in [-0.39, 0.29) is 5.75 Å². The van der Waals surface area contributed by atoms with Crippen LogP contribution in [0.1, 0.15) is 0 Å². The van der Waals surface area contributed by atoms with Crippen molar-refractivity contribution in [3.63, 3.8) is 0 Å². The molecule has 0 saturated heterocycles. The third kappa shape index (κ3) is 1.98. The number of aromatic amines is 1. The molecular weight excluding hydrogens is 224 g/mol. The molecule has 0 unspecified atom stereocenters. The van der Waals surface area contributed by atoms with Crippen LogP contribution in [0.25, 0.3) is 22.4 Å². The molecule has 2 aromatic carbocycles. The van der Waals surface area contributed by atoms with E-state index in [1.54, 1.807) is 18.3 Å². The Balaban J connectivity index is 2.03. The molecule has 3 rings (SSSR count). The number of rotatable bonds is 2. The molecule has 0 amide bonds. The number of H-pyrrole nitrogens is 1. The molecule has 3 aromatic rings. The lowest BCUT2D eigenvalue weighted by atomic mass is 10.0. The van der Waals surface area contributed by atoms with Crippen molar-refractivity contribution >= 4 is 0 Å². The van der Waals surface area contributed by atoms with E-state index < -0.39 is 0 Å². The maximum absolute atomic E-state index is 9.30. The molecule has 0 fully saturated rings. The van der Waals surface area contributed by atoms with Gasteiger partial charge in [0.25, 0.3) is 0 Å². The number of benzene rings is 2. The number of phenolic OH excluding ortho intramolecular Hbond substituents is 1. The minimum absolute atomic E-state index is 0.281. The molecule has 0 saturated carbocycles. The van der Waals surface area contributed by atoms with E-state index >= 15 is 0 Å². The topological polar surface area (TPSA) is 48.9 Å². The lowest BCUT2D eigenvalue weighted by Gasteiger charge is -2.04. The first kappa shape index (κ1) is 10.6. The van der Waals surface area contributed by atoms with Gasteiger partial charge in [-0.2, -0.15) is 5.10 Å². The van der Waals surface area contributed by atoms with E-state index in [9.17, 15) is 5.11 Å². The second-order valence-corrected chi connectivity index (χ2v) is 4.10. The molecule has 0 aliphatic rings. The Morgan fingerprint density at radius 1 is 0.833 bits per heavy atom. The van der Waals surface area contributed by atoms with Gasteiger partial charge < -0.3 is 5.11 Å². The van der Waals surface area contributed by atoms with E-state index in [4.69, 9.17) is 0 Å². The average molecular weight is 236 g/mol. The smallest absolute Gasteiger partial charge is 0.115 e. The van der Waals surface area contributed by atoms with Gasteiger partial charge >= 0.3 is 0 Å². The second kappa shape index (κ2) is 4.37. The standard InChI is InChI=1S/C15H12N2O/c18-14-6-4-11(5-7-14)12-2-1-3-13(10-12)15-8-9-16-17-15/h1-10,18H,(H,16,17). The highest BCUT2D eigenvalue weighted by Crippen LogP contribution is 2.26. The Labute approximate surface area is 105 Å². The van der Waals surface area contributed by atoms with Crippen LogP contribution in [0.3, 0.4) is 0 Å². The summed E-state index contributed by atoms with van der Waals surface area (Å²) >= 11 is 0. The predicted octanol–water partition coefficient (Wildman–Crippen LogP) is 3.45. The molecule has 3 heteroatoms. The third-order valence-corrected chi connectivity index (χ3v) is 2.87. The van der Waals surface area contributed by atoms with Crippen LogP contribution in [0.15, 0.2) is 60.8 Å². The zero-order chi connectivity index (χ0) is 12.4. The quantitative estimate of drug-likeness (QED) is 0.716. The van der Waals surface area contributed by atoms with Crippen LogP contribution in [0.5, 0.6) is 5.75 Å². The fourth-order valence-corrected chi connectivity index (χ4v) is 1.94. The molecule has 18 heavy (non-hydrogen) atoms. The van der Waals surface area contributed by atoms with E-state index in [0.29, 0.717) is 0 Å². The van der Waals surface area contributed by atoms with Gasteiger partial charge in [-0.25, -0.2) is 0 Å². The number of phenols is 1. The first-order valence-corrected chi connectivity index (χ1v) is 5.72. The van der Waals surface area contributed by atoms with Gasteiger partial charge in [0.2, 0.25) is 0 Å². The summed E-state index contributed by atoms with van der Waals surface area (Å²) in [6.45, 7) is 0. The SMILES string of the molecule is Oc1ccc(-c2cccc(-c3ccn[nH]3)c2)cc1. The van der Waals surface area contributed by atoms with Crippen LogP contribution in [0, 0.1) is 0 Å². The van der Waals surface area contributed by atoms with Crippen LogP contribution in [0.4, 0.5) is 0 Å². The summed E-state index contributed by atoms with van der Waals surface area (Å²) in [5.74, 6) is 0.281. The lowest BCUT2D eigenvalue weighted by Crippen LogP contribution is -1.81. The maximum Gasteiger partial charge on any atom is 0.115 e. The van der Waals surface area contributed by atoms with Crippen LogP contribution in [0.2, 0.25) is 0 Å². The summed E-state index contributed by atoms with van der Waals surface area (Å²) < 4.78 is 0. The largest absolute Gasteiger partial charge is 0.508 e. The number of hydrogen-bond donors (Lipinski definition) is 2. The van der Waals surface area contributed by atoms with Crippen molar-refractivity contribution in [2.45, 2.75) is 0 Å². The molecule has 0 atom stereocenters. The zero-order valence-corrected chi connectivity index (χ0v) is 9.67. The number of hydrogen-bond acceptors (Lipinski definition) is 2. The highest BCUT2D eigenvalue weighted by atomic mass is 16.3. The predicted molar refractivity (Wildman–Crippen MR) is 71.1 cm³/mol. The van der Waals surface area contributed by atoms with Crippen molar-refractivity contribution in [2.24, 2.45) is 0 Å². The van der Waals surface area contributed by atoms with Crippen molar-refractivity contribution in [3.8, 4) is 28.1 Å². The van der Waals surface area contributed by atoms with Crippen LogP contribution in [-0.2, 0) is 0 Å². The molecule has 1 heterocycles. The highest BCUT2D eigenvalue weighted by Gasteiger charge is 2.02. The van der Waals surface area contributed by atoms with Crippen LogP contribution < -0.4 is 0 Å². The van der Waals surface area contributed by atoms with Crippen LogP contribution in [-0.4, -0.2) is 15.3 Å². The molecule has 0 aliphatic carbocycles. The van der Waals surface area contributed by atoms with E-state index in [1.807, 2.05) is 36.4 Å². The Bertz CT molecular complexity index is 643. The number of nitrogens with zero attached hydrogens (tertiary/aromatic N) is 1. The Morgan fingerprint density at radius 2 is 1.61 bits per heavy atom.